The van der Waals surface area contributed by atoms with E-state index in [9.17, 15) is 9.59 Å². The van der Waals surface area contributed by atoms with Crippen molar-refractivity contribution in [3.63, 3.8) is 0 Å². The molecule has 26 heavy (non-hydrogen) atoms. The smallest absolute Gasteiger partial charge is 0.254 e. The van der Waals surface area contributed by atoms with Gasteiger partial charge in [-0.25, -0.2) is 0 Å². The second kappa shape index (κ2) is 8.01. The van der Waals surface area contributed by atoms with Crippen LogP contribution in [-0.4, -0.2) is 35.9 Å². The van der Waals surface area contributed by atoms with E-state index in [1.54, 1.807) is 24.3 Å². The number of ether oxygens (including phenoxy) is 1. The molecule has 2 atom stereocenters. The number of carbonyl (C=O) groups is 2. The van der Waals surface area contributed by atoms with Gasteiger partial charge in [-0.3, -0.25) is 9.59 Å². The monoisotopic (exact) mass is 416 g/mol. The second-order valence-corrected chi connectivity index (χ2v) is 7.26. The van der Waals surface area contributed by atoms with E-state index in [2.05, 4.69) is 21.2 Å². The molecule has 0 radical (unpaired) electrons. The Morgan fingerprint density at radius 3 is 2.62 bits per heavy atom. The topological polar surface area (TPSA) is 58.6 Å². The Balaban J connectivity index is 1.80. The summed E-state index contributed by atoms with van der Waals surface area (Å²) in [4.78, 5) is 26.1. The molecule has 0 saturated carbocycles. The summed E-state index contributed by atoms with van der Waals surface area (Å²) in [5, 5.41) is 2.72. The first-order chi connectivity index (χ1) is 12.5. The van der Waals surface area contributed by atoms with Crippen molar-refractivity contribution >= 4 is 33.4 Å². The molecule has 1 aliphatic heterocycles. The minimum absolute atomic E-state index is 0.0601. The van der Waals surface area contributed by atoms with Gasteiger partial charge < -0.3 is 15.0 Å². The number of hydrogen-bond donors (Lipinski definition) is 1. The van der Waals surface area contributed by atoms with E-state index in [1.165, 1.54) is 6.92 Å². The van der Waals surface area contributed by atoms with Gasteiger partial charge in [0.15, 0.2) is 0 Å². The zero-order chi connectivity index (χ0) is 18.7. The highest BCUT2D eigenvalue weighted by molar-refractivity contribution is 9.10. The van der Waals surface area contributed by atoms with Crippen LogP contribution in [0.1, 0.15) is 35.9 Å². The molecule has 1 saturated heterocycles. The number of anilines is 1. The van der Waals surface area contributed by atoms with Crippen LogP contribution in [0, 0.1) is 0 Å². The maximum Gasteiger partial charge on any atom is 0.254 e. The van der Waals surface area contributed by atoms with Crippen LogP contribution in [0.4, 0.5) is 5.69 Å². The molecule has 136 valence electrons. The van der Waals surface area contributed by atoms with Gasteiger partial charge in [0.25, 0.3) is 5.91 Å². The second-order valence-electron chi connectivity index (χ2n) is 6.34. The molecule has 5 nitrogen and oxygen atoms in total. The van der Waals surface area contributed by atoms with E-state index in [1.807, 2.05) is 36.1 Å². The van der Waals surface area contributed by atoms with Crippen LogP contribution in [0.5, 0.6) is 0 Å². The predicted molar refractivity (Wildman–Crippen MR) is 104 cm³/mol. The molecule has 1 heterocycles. The fourth-order valence-corrected chi connectivity index (χ4v) is 3.46. The zero-order valence-electron chi connectivity index (χ0n) is 14.7. The van der Waals surface area contributed by atoms with Crippen LogP contribution in [0.15, 0.2) is 53.0 Å². The quantitative estimate of drug-likeness (QED) is 0.821. The molecule has 2 unspecified atom stereocenters. The summed E-state index contributed by atoms with van der Waals surface area (Å²) in [6, 6.07) is 14.9. The highest BCUT2D eigenvalue weighted by Crippen LogP contribution is 2.30. The van der Waals surface area contributed by atoms with Gasteiger partial charge in [-0.1, -0.05) is 34.1 Å². The largest absolute Gasteiger partial charge is 0.370 e. The molecule has 2 amide bonds. The lowest BCUT2D eigenvalue weighted by atomic mass is 9.99. The molecule has 6 heteroatoms. The standard InChI is InChI=1S/C20H21BrN2O3/c1-13-19(15-6-8-17(21)9-7-15)26-11-10-23(13)20(25)16-4-3-5-18(12-16)22-14(2)24/h3-9,12-13,19H,10-11H2,1-2H3,(H,22,24). The minimum atomic E-state index is -0.167. The number of hydrogen-bond acceptors (Lipinski definition) is 3. The lowest BCUT2D eigenvalue weighted by molar-refractivity contribution is -0.114. The molecule has 1 N–H and O–H groups in total. The van der Waals surface area contributed by atoms with Crippen molar-refractivity contribution in [3.05, 3.63) is 64.1 Å². The summed E-state index contributed by atoms with van der Waals surface area (Å²) in [5.41, 5.74) is 2.22. The van der Waals surface area contributed by atoms with E-state index in [4.69, 9.17) is 4.74 Å². The van der Waals surface area contributed by atoms with Gasteiger partial charge in [-0.15, -0.1) is 0 Å². The Morgan fingerprint density at radius 2 is 1.92 bits per heavy atom. The van der Waals surface area contributed by atoms with Gasteiger partial charge in [-0.2, -0.15) is 0 Å². The number of halogens is 1. The van der Waals surface area contributed by atoms with Gasteiger partial charge in [0.1, 0.15) is 6.10 Å². The number of rotatable bonds is 3. The molecule has 2 aromatic rings. The number of nitrogens with zero attached hydrogens (tertiary/aromatic N) is 1. The third-order valence-electron chi connectivity index (χ3n) is 4.45. The van der Waals surface area contributed by atoms with E-state index in [0.717, 1.165) is 10.0 Å². The van der Waals surface area contributed by atoms with Gasteiger partial charge in [0.05, 0.1) is 12.6 Å². The minimum Gasteiger partial charge on any atom is -0.370 e. The lowest BCUT2D eigenvalue weighted by Crippen LogP contribution is -2.48. The summed E-state index contributed by atoms with van der Waals surface area (Å²) < 4.78 is 6.95. The number of morpholine rings is 1. The Bertz CT molecular complexity index is 807. The molecule has 0 aromatic heterocycles. The number of amides is 2. The number of nitrogens with one attached hydrogen (secondary N) is 1. The molecule has 0 bridgehead atoms. The van der Waals surface area contributed by atoms with Gasteiger partial charge in [0.2, 0.25) is 5.91 Å². The molecule has 0 spiro atoms. The number of carbonyl (C=O) groups excluding carboxylic acids is 2. The zero-order valence-corrected chi connectivity index (χ0v) is 16.3. The van der Waals surface area contributed by atoms with Crippen molar-refractivity contribution in [3.8, 4) is 0 Å². The van der Waals surface area contributed by atoms with Gasteiger partial charge >= 0.3 is 0 Å². The number of benzene rings is 2. The van der Waals surface area contributed by atoms with Crippen LogP contribution in [0.25, 0.3) is 0 Å². The SMILES string of the molecule is CC(=O)Nc1cccc(C(=O)N2CCOC(c3ccc(Br)cc3)C2C)c1. The molecular weight excluding hydrogens is 396 g/mol. The maximum absolute atomic E-state index is 13.0. The molecule has 1 aliphatic rings. The normalized spacial score (nSPS) is 19.9. The van der Waals surface area contributed by atoms with Crippen LogP contribution < -0.4 is 5.32 Å². The van der Waals surface area contributed by atoms with E-state index < -0.39 is 0 Å². The Labute approximate surface area is 161 Å². The highest BCUT2D eigenvalue weighted by Gasteiger charge is 2.33. The Morgan fingerprint density at radius 1 is 1.19 bits per heavy atom. The molecule has 2 aromatic carbocycles. The van der Waals surface area contributed by atoms with Crippen molar-refractivity contribution in [2.45, 2.75) is 26.0 Å². The first kappa shape index (κ1) is 18.6. The van der Waals surface area contributed by atoms with Crippen molar-refractivity contribution in [2.75, 3.05) is 18.5 Å². The Hall–Kier alpha value is -2.18. The molecular formula is C20H21BrN2O3. The maximum atomic E-state index is 13.0. The van der Waals surface area contributed by atoms with Crippen LogP contribution in [0.3, 0.4) is 0 Å². The fraction of sp³-hybridized carbons (Fsp3) is 0.300. The Kier molecular flexibility index (Phi) is 5.74. The average molecular weight is 417 g/mol. The average Bonchev–Trinajstić information content (AvgIpc) is 2.62. The fourth-order valence-electron chi connectivity index (χ4n) is 3.20. The van der Waals surface area contributed by atoms with Crippen molar-refractivity contribution in [1.29, 1.82) is 0 Å². The molecule has 0 aliphatic carbocycles. The molecule has 3 rings (SSSR count). The summed E-state index contributed by atoms with van der Waals surface area (Å²) >= 11 is 3.44. The van der Waals surface area contributed by atoms with Crippen molar-refractivity contribution < 1.29 is 14.3 Å². The summed E-state index contributed by atoms with van der Waals surface area (Å²) in [5.74, 6) is -0.222. The molecule has 1 fully saturated rings. The third-order valence-corrected chi connectivity index (χ3v) is 4.98. The van der Waals surface area contributed by atoms with E-state index >= 15 is 0 Å². The van der Waals surface area contributed by atoms with Crippen molar-refractivity contribution in [2.24, 2.45) is 0 Å². The summed E-state index contributed by atoms with van der Waals surface area (Å²) in [6.45, 7) is 4.47. The van der Waals surface area contributed by atoms with E-state index in [-0.39, 0.29) is 24.0 Å². The van der Waals surface area contributed by atoms with Crippen molar-refractivity contribution in [1.82, 2.24) is 4.90 Å². The summed E-state index contributed by atoms with van der Waals surface area (Å²) in [7, 11) is 0. The van der Waals surface area contributed by atoms with Crippen LogP contribution in [0.2, 0.25) is 0 Å². The highest BCUT2D eigenvalue weighted by atomic mass is 79.9. The third kappa shape index (κ3) is 4.14. The first-order valence-corrected chi connectivity index (χ1v) is 9.30. The van der Waals surface area contributed by atoms with E-state index in [0.29, 0.717) is 24.4 Å². The first-order valence-electron chi connectivity index (χ1n) is 8.51. The lowest BCUT2D eigenvalue weighted by Gasteiger charge is -2.39. The van der Waals surface area contributed by atoms with Crippen LogP contribution in [-0.2, 0) is 9.53 Å². The van der Waals surface area contributed by atoms with Gasteiger partial charge in [0, 0.05) is 29.2 Å². The van der Waals surface area contributed by atoms with Gasteiger partial charge in [-0.05, 0) is 42.8 Å². The van der Waals surface area contributed by atoms with Crippen LogP contribution >= 0.6 is 15.9 Å². The predicted octanol–water partition coefficient (Wildman–Crippen LogP) is 4.01. The summed E-state index contributed by atoms with van der Waals surface area (Å²) in [6.07, 6.45) is -0.167.